The Bertz CT molecular complexity index is 349. The number of nitrogens with one attached hydrogen (secondary N) is 1. The van der Waals surface area contributed by atoms with E-state index < -0.39 is 11.7 Å². The van der Waals surface area contributed by atoms with Crippen molar-refractivity contribution in [1.82, 2.24) is 5.32 Å². The summed E-state index contributed by atoms with van der Waals surface area (Å²) in [5.41, 5.74) is 0.0567. The van der Waals surface area contributed by atoms with Gasteiger partial charge in [0, 0.05) is 6.04 Å². The minimum atomic E-state index is -0.513. The molecule has 3 heteroatoms. The van der Waals surface area contributed by atoms with Crippen molar-refractivity contribution < 1.29 is 9.18 Å². The van der Waals surface area contributed by atoms with Gasteiger partial charge in [-0.05, 0) is 19.1 Å². The van der Waals surface area contributed by atoms with E-state index in [9.17, 15) is 9.18 Å². The van der Waals surface area contributed by atoms with E-state index in [1.54, 1.807) is 25.1 Å². The molecule has 1 atom stereocenters. The van der Waals surface area contributed by atoms with Crippen LogP contribution >= 0.6 is 0 Å². The number of carbonyl (C=O) groups is 1. The zero-order valence-electron chi connectivity index (χ0n) is 7.96. The van der Waals surface area contributed by atoms with E-state index in [1.807, 2.05) is 0 Å². The van der Waals surface area contributed by atoms with Gasteiger partial charge in [-0.1, -0.05) is 18.2 Å². The number of hydrogen-bond acceptors (Lipinski definition) is 1. The molecule has 0 fully saturated rings. The van der Waals surface area contributed by atoms with Gasteiger partial charge in [0.05, 0.1) is 5.56 Å². The van der Waals surface area contributed by atoms with Crippen LogP contribution in [0.15, 0.2) is 36.9 Å². The molecule has 1 N–H and O–H groups in total. The van der Waals surface area contributed by atoms with E-state index in [4.69, 9.17) is 0 Å². The summed E-state index contributed by atoms with van der Waals surface area (Å²) in [6.45, 7) is 5.29. The van der Waals surface area contributed by atoms with Crippen LogP contribution in [0.5, 0.6) is 0 Å². The van der Waals surface area contributed by atoms with Gasteiger partial charge in [-0.15, -0.1) is 6.58 Å². The van der Waals surface area contributed by atoms with Gasteiger partial charge in [-0.25, -0.2) is 4.39 Å². The summed E-state index contributed by atoms with van der Waals surface area (Å²) in [6.07, 6.45) is 1.58. The number of carbonyl (C=O) groups excluding carboxylic acids is 1. The summed E-state index contributed by atoms with van der Waals surface area (Å²) in [5.74, 6) is -0.934. The second-order valence-electron chi connectivity index (χ2n) is 2.98. The summed E-state index contributed by atoms with van der Waals surface area (Å²) in [4.78, 5) is 11.4. The van der Waals surface area contributed by atoms with E-state index in [0.29, 0.717) is 0 Å². The normalized spacial score (nSPS) is 11.9. The predicted octanol–water partition coefficient (Wildman–Crippen LogP) is 2.13. The van der Waals surface area contributed by atoms with Crippen molar-refractivity contribution in [2.24, 2.45) is 0 Å². The summed E-state index contributed by atoms with van der Waals surface area (Å²) < 4.78 is 13.1. The third kappa shape index (κ3) is 2.42. The van der Waals surface area contributed by atoms with Crippen LogP contribution in [0.25, 0.3) is 0 Å². The highest BCUT2D eigenvalue weighted by molar-refractivity contribution is 5.94. The van der Waals surface area contributed by atoms with E-state index in [2.05, 4.69) is 11.9 Å². The van der Waals surface area contributed by atoms with E-state index in [1.165, 1.54) is 12.1 Å². The summed E-state index contributed by atoms with van der Waals surface area (Å²) in [5, 5.41) is 2.59. The van der Waals surface area contributed by atoms with Gasteiger partial charge < -0.3 is 5.32 Å². The Hall–Kier alpha value is -1.64. The molecule has 0 heterocycles. The molecule has 0 aliphatic heterocycles. The average Bonchev–Trinajstić information content (AvgIpc) is 2.18. The fraction of sp³-hybridized carbons (Fsp3) is 0.182. The highest BCUT2D eigenvalue weighted by Gasteiger charge is 2.11. The summed E-state index contributed by atoms with van der Waals surface area (Å²) in [7, 11) is 0. The minimum absolute atomic E-state index is 0.0567. The minimum Gasteiger partial charge on any atom is -0.346 e. The molecule has 1 unspecified atom stereocenters. The summed E-state index contributed by atoms with van der Waals surface area (Å²) >= 11 is 0. The van der Waals surface area contributed by atoms with Gasteiger partial charge >= 0.3 is 0 Å². The van der Waals surface area contributed by atoms with Gasteiger partial charge in [0.15, 0.2) is 0 Å². The van der Waals surface area contributed by atoms with E-state index >= 15 is 0 Å². The molecule has 0 aromatic heterocycles. The number of hydrogen-bond donors (Lipinski definition) is 1. The third-order valence-electron chi connectivity index (χ3n) is 1.83. The molecule has 0 spiro atoms. The lowest BCUT2D eigenvalue weighted by atomic mass is 10.2. The van der Waals surface area contributed by atoms with Crippen LogP contribution in [0.1, 0.15) is 17.3 Å². The largest absolute Gasteiger partial charge is 0.346 e. The number of benzene rings is 1. The summed E-state index contributed by atoms with van der Waals surface area (Å²) in [6, 6.07) is 5.70. The van der Waals surface area contributed by atoms with Crippen LogP contribution in [0.4, 0.5) is 4.39 Å². The van der Waals surface area contributed by atoms with Crippen molar-refractivity contribution in [3.8, 4) is 0 Å². The lowest BCUT2D eigenvalue weighted by molar-refractivity contribution is 0.0943. The van der Waals surface area contributed by atoms with Crippen LogP contribution in [-0.4, -0.2) is 11.9 Å². The van der Waals surface area contributed by atoms with Crippen molar-refractivity contribution in [1.29, 1.82) is 0 Å². The van der Waals surface area contributed by atoms with Crippen LogP contribution in [0, 0.1) is 5.82 Å². The van der Waals surface area contributed by atoms with Crippen LogP contribution < -0.4 is 5.32 Å². The van der Waals surface area contributed by atoms with Crippen molar-refractivity contribution in [3.05, 3.63) is 48.3 Å². The quantitative estimate of drug-likeness (QED) is 0.732. The maximum atomic E-state index is 13.1. The number of amides is 1. The Labute approximate surface area is 82.4 Å². The SMILES string of the molecule is C=CC(C)NC(=O)c1ccccc1F. The monoisotopic (exact) mass is 193 g/mol. The maximum Gasteiger partial charge on any atom is 0.254 e. The second-order valence-corrected chi connectivity index (χ2v) is 2.98. The Morgan fingerprint density at radius 1 is 1.57 bits per heavy atom. The van der Waals surface area contributed by atoms with Crippen molar-refractivity contribution in [3.63, 3.8) is 0 Å². The van der Waals surface area contributed by atoms with Crippen molar-refractivity contribution >= 4 is 5.91 Å². The van der Waals surface area contributed by atoms with Gasteiger partial charge in [0.25, 0.3) is 5.91 Å². The maximum absolute atomic E-state index is 13.1. The Balaban J connectivity index is 2.80. The first-order chi connectivity index (χ1) is 6.65. The van der Waals surface area contributed by atoms with Gasteiger partial charge in [-0.3, -0.25) is 4.79 Å². The molecule has 2 nitrogen and oxygen atoms in total. The molecule has 74 valence electrons. The molecule has 0 saturated heterocycles. The topological polar surface area (TPSA) is 29.1 Å². The molecule has 1 rings (SSSR count). The molecule has 0 bridgehead atoms. The van der Waals surface area contributed by atoms with Gasteiger partial charge in [-0.2, -0.15) is 0 Å². The highest BCUT2D eigenvalue weighted by Crippen LogP contribution is 2.06. The molecule has 1 aromatic rings. The molecular formula is C11H12FNO. The molecule has 0 aliphatic rings. The molecule has 14 heavy (non-hydrogen) atoms. The Kier molecular flexibility index (Phi) is 3.40. The first-order valence-electron chi connectivity index (χ1n) is 4.33. The standard InChI is InChI=1S/C11H12FNO/c1-3-8(2)13-11(14)9-6-4-5-7-10(9)12/h3-8H,1H2,2H3,(H,13,14). The Morgan fingerprint density at radius 2 is 2.21 bits per heavy atom. The number of rotatable bonds is 3. The van der Waals surface area contributed by atoms with Crippen molar-refractivity contribution in [2.45, 2.75) is 13.0 Å². The van der Waals surface area contributed by atoms with Crippen LogP contribution in [-0.2, 0) is 0 Å². The molecular weight excluding hydrogens is 181 g/mol. The highest BCUT2D eigenvalue weighted by atomic mass is 19.1. The smallest absolute Gasteiger partial charge is 0.254 e. The molecule has 1 amide bonds. The van der Waals surface area contributed by atoms with Gasteiger partial charge in [0.2, 0.25) is 0 Å². The third-order valence-corrected chi connectivity index (χ3v) is 1.83. The Morgan fingerprint density at radius 3 is 2.79 bits per heavy atom. The van der Waals surface area contributed by atoms with Gasteiger partial charge in [0.1, 0.15) is 5.82 Å². The first kappa shape index (κ1) is 10.4. The number of halogens is 1. The van der Waals surface area contributed by atoms with Crippen molar-refractivity contribution in [2.75, 3.05) is 0 Å². The fourth-order valence-electron chi connectivity index (χ4n) is 0.989. The molecule has 0 radical (unpaired) electrons. The fourth-order valence-corrected chi connectivity index (χ4v) is 0.989. The lowest BCUT2D eigenvalue weighted by Crippen LogP contribution is -2.31. The zero-order valence-corrected chi connectivity index (χ0v) is 7.96. The van der Waals surface area contributed by atoms with E-state index in [-0.39, 0.29) is 11.6 Å². The average molecular weight is 193 g/mol. The van der Waals surface area contributed by atoms with E-state index in [0.717, 1.165) is 0 Å². The van der Waals surface area contributed by atoms with Crippen LogP contribution in [0.2, 0.25) is 0 Å². The molecule has 0 saturated carbocycles. The lowest BCUT2D eigenvalue weighted by Gasteiger charge is -2.09. The zero-order chi connectivity index (χ0) is 10.6. The molecule has 0 aliphatic carbocycles. The second kappa shape index (κ2) is 4.56. The predicted molar refractivity (Wildman–Crippen MR) is 53.5 cm³/mol. The van der Waals surface area contributed by atoms with Crippen LogP contribution in [0.3, 0.4) is 0 Å². The first-order valence-corrected chi connectivity index (χ1v) is 4.33. The molecule has 1 aromatic carbocycles.